The van der Waals surface area contributed by atoms with Gasteiger partial charge in [0.1, 0.15) is 0 Å². The van der Waals surface area contributed by atoms with Crippen molar-refractivity contribution in [3.63, 3.8) is 0 Å². The molecule has 5 heteroatoms. The van der Waals surface area contributed by atoms with Gasteiger partial charge in [-0.1, -0.05) is 23.7 Å². The second-order valence-electron chi connectivity index (χ2n) is 3.18. The Morgan fingerprint density at radius 3 is 2.87 bits per heavy atom. The minimum Gasteiger partial charge on any atom is -0.365 e. The van der Waals surface area contributed by atoms with E-state index in [1.807, 2.05) is 24.3 Å². The summed E-state index contributed by atoms with van der Waals surface area (Å²) < 4.78 is 4.90. The fourth-order valence-corrected chi connectivity index (χ4v) is 1.53. The van der Waals surface area contributed by atoms with E-state index in [-0.39, 0.29) is 5.95 Å². The van der Waals surface area contributed by atoms with Crippen LogP contribution in [0.1, 0.15) is 11.5 Å². The van der Waals surface area contributed by atoms with E-state index < -0.39 is 0 Å². The summed E-state index contributed by atoms with van der Waals surface area (Å²) in [7, 11) is 0. The average Bonchev–Trinajstić information content (AvgIpc) is 2.62. The first kappa shape index (κ1) is 9.98. The van der Waals surface area contributed by atoms with Crippen LogP contribution >= 0.6 is 11.6 Å². The summed E-state index contributed by atoms with van der Waals surface area (Å²) >= 11 is 5.86. The molecule has 0 saturated carbocycles. The van der Waals surface area contributed by atoms with E-state index >= 15 is 0 Å². The van der Waals surface area contributed by atoms with Gasteiger partial charge >= 0.3 is 0 Å². The lowest BCUT2D eigenvalue weighted by molar-refractivity contribution is 0.379. The summed E-state index contributed by atoms with van der Waals surface area (Å²) in [6, 6.07) is 7.68. The second-order valence-corrected chi connectivity index (χ2v) is 3.61. The van der Waals surface area contributed by atoms with Gasteiger partial charge in [-0.15, -0.1) is 0 Å². The largest absolute Gasteiger partial charge is 0.365 e. The normalized spacial score (nSPS) is 10.5. The molecule has 0 unspecified atom stereocenters. The van der Waals surface area contributed by atoms with Crippen LogP contribution in [-0.2, 0) is 12.8 Å². The van der Waals surface area contributed by atoms with Crippen LogP contribution in [0.3, 0.4) is 0 Å². The number of aryl methyl sites for hydroxylation is 2. The van der Waals surface area contributed by atoms with Crippen molar-refractivity contribution in [1.29, 1.82) is 0 Å². The molecular weight excluding hydrogens is 214 g/mol. The molecular formula is C10H10ClN3O. The topological polar surface area (TPSA) is 64.9 Å². The molecule has 0 aliphatic rings. The van der Waals surface area contributed by atoms with Gasteiger partial charge in [0.15, 0.2) is 0 Å². The Labute approximate surface area is 92.0 Å². The molecule has 0 atom stereocenters. The predicted octanol–water partition coefficient (Wildman–Crippen LogP) is 2.09. The molecule has 0 amide bonds. The summed E-state index contributed by atoms with van der Waals surface area (Å²) in [6.45, 7) is 0. The molecule has 1 aromatic carbocycles. The standard InChI is InChI=1S/C10H10ClN3O/c11-8-3-1-2-7(6-8)4-5-9-13-10(12)14-15-9/h1-3,6H,4-5H2,(H2,12,14). The van der Waals surface area contributed by atoms with Gasteiger partial charge in [-0.3, -0.25) is 0 Å². The molecule has 0 saturated heterocycles. The van der Waals surface area contributed by atoms with Gasteiger partial charge in [0.2, 0.25) is 5.89 Å². The molecule has 2 rings (SSSR count). The van der Waals surface area contributed by atoms with E-state index in [4.69, 9.17) is 21.9 Å². The van der Waals surface area contributed by atoms with Gasteiger partial charge in [-0.05, 0) is 29.3 Å². The predicted molar refractivity (Wildman–Crippen MR) is 57.6 cm³/mol. The molecule has 1 aromatic heterocycles. The summed E-state index contributed by atoms with van der Waals surface area (Å²) in [5.74, 6) is 0.726. The Bertz CT molecular complexity index is 455. The Kier molecular flexibility index (Phi) is 2.87. The molecule has 15 heavy (non-hydrogen) atoms. The number of hydrogen-bond acceptors (Lipinski definition) is 4. The number of nitrogens with two attached hydrogens (primary N) is 1. The summed E-state index contributed by atoms with van der Waals surface area (Å²) in [5, 5.41) is 4.25. The lowest BCUT2D eigenvalue weighted by atomic mass is 10.1. The third-order valence-corrected chi connectivity index (χ3v) is 2.24. The molecule has 2 N–H and O–H groups in total. The number of benzene rings is 1. The van der Waals surface area contributed by atoms with Crippen molar-refractivity contribution in [3.8, 4) is 0 Å². The summed E-state index contributed by atoms with van der Waals surface area (Å²) in [6.07, 6.45) is 1.48. The second kappa shape index (κ2) is 4.31. The van der Waals surface area contributed by atoms with Crippen LogP contribution in [-0.4, -0.2) is 10.1 Å². The van der Waals surface area contributed by atoms with E-state index in [1.54, 1.807) is 0 Å². The number of rotatable bonds is 3. The maximum absolute atomic E-state index is 5.86. The highest BCUT2D eigenvalue weighted by molar-refractivity contribution is 6.30. The molecule has 0 radical (unpaired) electrons. The first-order chi connectivity index (χ1) is 7.24. The SMILES string of the molecule is Nc1noc(CCc2cccc(Cl)c2)n1. The summed E-state index contributed by atoms with van der Waals surface area (Å²) in [5.41, 5.74) is 6.47. The van der Waals surface area contributed by atoms with Crippen LogP contribution in [0.2, 0.25) is 5.02 Å². The Morgan fingerprint density at radius 1 is 1.33 bits per heavy atom. The zero-order chi connectivity index (χ0) is 10.7. The maximum atomic E-state index is 5.86. The van der Waals surface area contributed by atoms with Crippen LogP contribution in [0.25, 0.3) is 0 Å². The molecule has 0 fully saturated rings. The third kappa shape index (κ3) is 2.70. The number of halogens is 1. The van der Waals surface area contributed by atoms with Crippen LogP contribution in [0.5, 0.6) is 0 Å². The van der Waals surface area contributed by atoms with Crippen molar-refractivity contribution in [2.75, 3.05) is 5.73 Å². The molecule has 1 heterocycles. The minimum absolute atomic E-state index is 0.177. The van der Waals surface area contributed by atoms with Crippen LogP contribution < -0.4 is 5.73 Å². The molecule has 0 bridgehead atoms. The monoisotopic (exact) mass is 223 g/mol. The quantitative estimate of drug-likeness (QED) is 0.866. The van der Waals surface area contributed by atoms with Gasteiger partial charge < -0.3 is 10.3 Å². The maximum Gasteiger partial charge on any atom is 0.260 e. The van der Waals surface area contributed by atoms with E-state index in [2.05, 4.69) is 10.1 Å². The van der Waals surface area contributed by atoms with Gasteiger partial charge in [0, 0.05) is 11.4 Å². The third-order valence-electron chi connectivity index (χ3n) is 2.00. The fourth-order valence-electron chi connectivity index (χ4n) is 1.31. The van der Waals surface area contributed by atoms with Crippen molar-refractivity contribution in [3.05, 3.63) is 40.7 Å². The molecule has 0 spiro atoms. The van der Waals surface area contributed by atoms with Crippen LogP contribution in [0, 0.1) is 0 Å². The average molecular weight is 224 g/mol. The number of aromatic nitrogens is 2. The minimum atomic E-state index is 0.177. The van der Waals surface area contributed by atoms with Crippen LogP contribution in [0.15, 0.2) is 28.8 Å². The Hall–Kier alpha value is -1.55. The number of anilines is 1. The molecule has 2 aromatic rings. The van der Waals surface area contributed by atoms with Gasteiger partial charge in [0.05, 0.1) is 0 Å². The number of nitrogen functional groups attached to an aromatic ring is 1. The van der Waals surface area contributed by atoms with E-state index in [9.17, 15) is 0 Å². The molecule has 78 valence electrons. The first-order valence-electron chi connectivity index (χ1n) is 4.56. The summed E-state index contributed by atoms with van der Waals surface area (Å²) in [4.78, 5) is 3.92. The fraction of sp³-hybridized carbons (Fsp3) is 0.200. The Balaban J connectivity index is 1.99. The van der Waals surface area contributed by atoms with E-state index in [1.165, 1.54) is 0 Å². The highest BCUT2D eigenvalue weighted by Crippen LogP contribution is 2.12. The zero-order valence-electron chi connectivity index (χ0n) is 7.98. The first-order valence-corrected chi connectivity index (χ1v) is 4.94. The van der Waals surface area contributed by atoms with Crippen molar-refractivity contribution in [2.45, 2.75) is 12.8 Å². The van der Waals surface area contributed by atoms with E-state index in [0.29, 0.717) is 12.3 Å². The van der Waals surface area contributed by atoms with Gasteiger partial charge in [-0.25, -0.2) is 0 Å². The molecule has 0 aliphatic carbocycles. The highest BCUT2D eigenvalue weighted by Gasteiger charge is 2.03. The molecule has 0 aliphatic heterocycles. The smallest absolute Gasteiger partial charge is 0.260 e. The van der Waals surface area contributed by atoms with Crippen molar-refractivity contribution in [1.82, 2.24) is 10.1 Å². The van der Waals surface area contributed by atoms with Crippen molar-refractivity contribution in [2.24, 2.45) is 0 Å². The lowest BCUT2D eigenvalue weighted by Crippen LogP contribution is -1.92. The molecule has 4 nitrogen and oxygen atoms in total. The van der Waals surface area contributed by atoms with Gasteiger partial charge in [-0.2, -0.15) is 4.98 Å². The Morgan fingerprint density at radius 2 is 2.20 bits per heavy atom. The lowest BCUT2D eigenvalue weighted by Gasteiger charge is -1.98. The number of nitrogens with zero attached hydrogens (tertiary/aromatic N) is 2. The van der Waals surface area contributed by atoms with Crippen LogP contribution in [0.4, 0.5) is 5.95 Å². The highest BCUT2D eigenvalue weighted by atomic mass is 35.5. The van der Waals surface area contributed by atoms with Crippen molar-refractivity contribution < 1.29 is 4.52 Å². The van der Waals surface area contributed by atoms with Gasteiger partial charge in [0.25, 0.3) is 5.95 Å². The van der Waals surface area contributed by atoms with Crippen molar-refractivity contribution >= 4 is 17.5 Å². The van der Waals surface area contributed by atoms with E-state index in [0.717, 1.165) is 17.0 Å². The number of hydrogen-bond donors (Lipinski definition) is 1. The zero-order valence-corrected chi connectivity index (χ0v) is 8.74.